The van der Waals surface area contributed by atoms with Gasteiger partial charge in [0, 0.05) is 43.3 Å². The van der Waals surface area contributed by atoms with Crippen molar-refractivity contribution in [2.75, 3.05) is 24.5 Å². The van der Waals surface area contributed by atoms with Crippen LogP contribution in [0.5, 0.6) is 0 Å². The zero-order chi connectivity index (χ0) is 26.0. The van der Waals surface area contributed by atoms with Crippen LogP contribution in [0.4, 0.5) is 10.1 Å². The Kier molecular flexibility index (Phi) is 5.51. The Labute approximate surface area is 221 Å². The van der Waals surface area contributed by atoms with Crippen LogP contribution in [0.15, 0.2) is 60.9 Å². The molecule has 3 aliphatic rings. The first-order chi connectivity index (χ1) is 18.5. The number of carbonyl (C=O) groups excluding carboxylic acids is 1. The van der Waals surface area contributed by atoms with Gasteiger partial charge in [0.05, 0.1) is 23.4 Å². The largest absolute Gasteiger partial charge is 0.391 e. The van der Waals surface area contributed by atoms with Crippen molar-refractivity contribution in [2.45, 2.75) is 50.7 Å². The van der Waals surface area contributed by atoms with Crippen LogP contribution >= 0.6 is 0 Å². The topological polar surface area (TPSA) is 61.1 Å². The van der Waals surface area contributed by atoms with Crippen molar-refractivity contribution in [3.63, 3.8) is 0 Å². The molecule has 0 spiro atoms. The van der Waals surface area contributed by atoms with Gasteiger partial charge in [0.2, 0.25) is 0 Å². The van der Waals surface area contributed by atoms with E-state index in [4.69, 9.17) is 4.98 Å². The minimum absolute atomic E-state index is 0.00944. The van der Waals surface area contributed by atoms with Crippen molar-refractivity contribution in [3.05, 3.63) is 89.0 Å². The number of aromatic nitrogens is 2. The van der Waals surface area contributed by atoms with Gasteiger partial charge in [-0.05, 0) is 79.5 Å². The molecule has 2 aliphatic heterocycles. The van der Waals surface area contributed by atoms with Crippen molar-refractivity contribution in [1.29, 1.82) is 0 Å². The second-order valence-electron chi connectivity index (χ2n) is 11.0. The zero-order valence-electron chi connectivity index (χ0n) is 21.5. The van der Waals surface area contributed by atoms with E-state index in [1.807, 2.05) is 44.8 Å². The lowest BCUT2D eigenvalue weighted by atomic mass is 9.93. The van der Waals surface area contributed by atoms with Gasteiger partial charge in [-0.2, -0.15) is 0 Å². The van der Waals surface area contributed by atoms with Crippen LogP contribution in [-0.2, 0) is 6.42 Å². The van der Waals surface area contributed by atoms with E-state index < -0.39 is 0 Å². The molecule has 194 valence electrons. The van der Waals surface area contributed by atoms with E-state index in [1.54, 1.807) is 6.07 Å². The molecular formula is C31H31FN4O2. The first-order valence-electron chi connectivity index (χ1n) is 13.6. The van der Waals surface area contributed by atoms with E-state index in [0.29, 0.717) is 42.2 Å². The number of amides is 1. The van der Waals surface area contributed by atoms with Gasteiger partial charge in [-0.1, -0.05) is 24.3 Å². The molecule has 1 aliphatic carbocycles. The number of carbonyl (C=O) groups is 1. The number of nitrogens with zero attached hydrogens (tertiary/aromatic N) is 4. The number of benzene rings is 2. The van der Waals surface area contributed by atoms with Crippen LogP contribution < -0.4 is 4.90 Å². The Bertz CT molecular complexity index is 1560. The number of fused-ring (bicyclic) bond motifs is 2. The average molecular weight is 511 g/mol. The van der Waals surface area contributed by atoms with Gasteiger partial charge in [0.1, 0.15) is 11.5 Å². The number of halogens is 1. The maximum absolute atomic E-state index is 15.3. The quantitative estimate of drug-likeness (QED) is 0.402. The minimum atomic E-state index is -0.364. The van der Waals surface area contributed by atoms with E-state index in [9.17, 15) is 9.90 Å². The van der Waals surface area contributed by atoms with Crippen molar-refractivity contribution < 1.29 is 14.3 Å². The van der Waals surface area contributed by atoms with Gasteiger partial charge >= 0.3 is 0 Å². The molecule has 2 aromatic heterocycles. The predicted molar refractivity (Wildman–Crippen MR) is 145 cm³/mol. The fraction of sp³-hybridized carbons (Fsp3) is 0.355. The number of β-amino-alcohol motifs (C(OH)–C–C–N with tert-alkyl or cyclic N) is 1. The lowest BCUT2D eigenvalue weighted by Gasteiger charge is -2.35. The van der Waals surface area contributed by atoms with Crippen molar-refractivity contribution in [3.8, 4) is 11.3 Å². The van der Waals surface area contributed by atoms with Crippen LogP contribution in [0.2, 0.25) is 0 Å². The Hall–Kier alpha value is -3.71. The molecule has 2 fully saturated rings. The number of pyridine rings is 1. The number of aliphatic hydroxyl groups excluding tert-OH is 1. The van der Waals surface area contributed by atoms with Crippen LogP contribution in [0, 0.1) is 5.82 Å². The predicted octanol–water partition coefficient (Wildman–Crippen LogP) is 5.35. The molecule has 1 amide bonds. The first-order valence-corrected chi connectivity index (χ1v) is 13.6. The molecule has 7 heteroatoms. The molecular weight excluding hydrogens is 479 g/mol. The van der Waals surface area contributed by atoms with E-state index >= 15 is 4.39 Å². The van der Waals surface area contributed by atoms with E-state index in [-0.39, 0.29) is 23.9 Å². The number of hydrogen-bond acceptors (Lipinski definition) is 4. The van der Waals surface area contributed by atoms with E-state index in [1.165, 1.54) is 17.2 Å². The summed E-state index contributed by atoms with van der Waals surface area (Å²) in [7, 11) is 0. The Morgan fingerprint density at radius 1 is 1.03 bits per heavy atom. The summed E-state index contributed by atoms with van der Waals surface area (Å²) in [6, 6.07) is 15.6. The summed E-state index contributed by atoms with van der Waals surface area (Å²) in [5.41, 5.74) is 6.80. The summed E-state index contributed by atoms with van der Waals surface area (Å²) in [6.45, 7) is 4.03. The highest BCUT2D eigenvalue weighted by molar-refractivity contribution is 5.95. The normalized spacial score (nSPS) is 21.2. The third-order valence-corrected chi connectivity index (χ3v) is 8.46. The first kappa shape index (κ1) is 23.4. The maximum atomic E-state index is 15.3. The van der Waals surface area contributed by atoms with Crippen LogP contribution in [0.25, 0.3) is 16.9 Å². The number of aliphatic hydroxyl groups is 1. The number of rotatable bonds is 4. The van der Waals surface area contributed by atoms with Gasteiger partial charge in [-0.3, -0.25) is 4.79 Å². The Balaban J connectivity index is 1.23. The second-order valence-corrected chi connectivity index (χ2v) is 11.0. The van der Waals surface area contributed by atoms with Gasteiger partial charge in [-0.15, -0.1) is 0 Å². The number of anilines is 1. The fourth-order valence-electron chi connectivity index (χ4n) is 6.17. The second kappa shape index (κ2) is 8.95. The summed E-state index contributed by atoms with van der Waals surface area (Å²) < 4.78 is 17.2. The van der Waals surface area contributed by atoms with Gasteiger partial charge in [-0.25, -0.2) is 9.37 Å². The van der Waals surface area contributed by atoms with Crippen LogP contribution in [-0.4, -0.2) is 51.0 Å². The summed E-state index contributed by atoms with van der Waals surface area (Å²) in [6.07, 6.45) is 7.03. The monoisotopic (exact) mass is 510 g/mol. The molecule has 6 nitrogen and oxygen atoms in total. The summed E-state index contributed by atoms with van der Waals surface area (Å²) in [4.78, 5) is 22.6. The van der Waals surface area contributed by atoms with Gasteiger partial charge in [0.25, 0.3) is 5.91 Å². The molecule has 0 bridgehead atoms. The van der Waals surface area contributed by atoms with Gasteiger partial charge in [0.15, 0.2) is 0 Å². The maximum Gasteiger partial charge on any atom is 0.255 e. The third kappa shape index (κ3) is 3.97. The molecule has 1 unspecified atom stereocenters. The summed E-state index contributed by atoms with van der Waals surface area (Å²) >= 11 is 0. The van der Waals surface area contributed by atoms with Crippen LogP contribution in [0.3, 0.4) is 0 Å². The summed E-state index contributed by atoms with van der Waals surface area (Å²) in [5, 5.41) is 9.85. The third-order valence-electron chi connectivity index (χ3n) is 8.46. The molecule has 2 aromatic carbocycles. The molecule has 2 atom stereocenters. The highest BCUT2D eigenvalue weighted by Crippen LogP contribution is 2.43. The number of imidazole rings is 1. The molecule has 1 saturated heterocycles. The SMILES string of the molecule is C[C@@H]1c2ccccc2CCN1C(=O)c1cc(C2CC2)c2nc(-c3ccc(N4CCC(O)C4)cc3F)cn2c1. The van der Waals surface area contributed by atoms with Crippen molar-refractivity contribution in [2.24, 2.45) is 0 Å². The van der Waals surface area contributed by atoms with E-state index in [0.717, 1.165) is 42.7 Å². The zero-order valence-corrected chi connectivity index (χ0v) is 21.5. The van der Waals surface area contributed by atoms with E-state index in [2.05, 4.69) is 25.1 Å². The Morgan fingerprint density at radius 3 is 2.63 bits per heavy atom. The standard InChI is InChI=1S/C31H31FN4O2/c1-19-25-5-3-2-4-20(25)10-13-36(19)31(38)22-14-27(21-6-7-21)30-33-29(18-35(30)16-22)26-9-8-23(15-28(26)32)34-12-11-24(37)17-34/h2-5,8-9,14-16,18-19,21,24,37H,6-7,10-13,17H2,1H3/t19-,24?/m1/s1. The lowest BCUT2D eigenvalue weighted by Crippen LogP contribution is -2.39. The highest BCUT2D eigenvalue weighted by Gasteiger charge is 2.32. The molecule has 4 aromatic rings. The molecule has 1 saturated carbocycles. The smallest absolute Gasteiger partial charge is 0.255 e. The molecule has 0 radical (unpaired) electrons. The van der Waals surface area contributed by atoms with Gasteiger partial charge < -0.3 is 19.3 Å². The number of hydrogen-bond donors (Lipinski definition) is 1. The molecule has 38 heavy (non-hydrogen) atoms. The van der Waals surface area contributed by atoms with Crippen molar-refractivity contribution in [1.82, 2.24) is 14.3 Å². The molecule has 4 heterocycles. The van der Waals surface area contributed by atoms with Crippen molar-refractivity contribution >= 4 is 17.2 Å². The molecule has 1 N–H and O–H groups in total. The Morgan fingerprint density at radius 2 is 1.87 bits per heavy atom. The average Bonchev–Trinajstić information content (AvgIpc) is 3.53. The lowest BCUT2D eigenvalue weighted by molar-refractivity contribution is 0.0677. The minimum Gasteiger partial charge on any atom is -0.391 e. The highest BCUT2D eigenvalue weighted by atomic mass is 19.1. The van der Waals surface area contributed by atoms with Crippen LogP contribution in [0.1, 0.15) is 65.2 Å². The fourth-order valence-corrected chi connectivity index (χ4v) is 6.17. The summed E-state index contributed by atoms with van der Waals surface area (Å²) in [5.74, 6) is 0.0700. The molecule has 7 rings (SSSR count).